The van der Waals surface area contributed by atoms with Gasteiger partial charge in [-0.1, -0.05) is 0 Å². The number of amides is 2. The largest absolute Gasteiger partial charge is 0.465 e. The molecule has 0 unspecified atom stereocenters. The van der Waals surface area contributed by atoms with Crippen molar-refractivity contribution in [3.05, 3.63) is 0 Å². The number of nitrogens with one attached hydrogen (secondary N) is 1. The molecule has 0 saturated heterocycles. The molecule has 0 spiro atoms. The molecule has 0 radical (unpaired) electrons. The second-order valence-electron chi connectivity index (χ2n) is 2.58. The summed E-state index contributed by atoms with van der Waals surface area (Å²) in [6.45, 7) is 2.36. The first-order valence-electron chi connectivity index (χ1n) is 4.32. The Bertz CT molecular complexity index is 199. The van der Waals surface area contributed by atoms with E-state index in [0.717, 1.165) is 0 Å². The molecule has 0 fully saturated rings. The number of likely N-dealkylation sites (N-methyl/N-ethyl adjacent to an activating group) is 1. The van der Waals surface area contributed by atoms with E-state index in [1.54, 1.807) is 6.92 Å². The van der Waals surface area contributed by atoms with E-state index in [1.165, 1.54) is 11.9 Å². The molecule has 0 heterocycles. The summed E-state index contributed by atoms with van der Waals surface area (Å²) >= 11 is 5.38. The third kappa shape index (κ3) is 5.64. The highest BCUT2D eigenvalue weighted by Gasteiger charge is 2.12. The molecule has 5 nitrogen and oxygen atoms in total. The zero-order valence-electron chi connectivity index (χ0n) is 8.38. The summed E-state index contributed by atoms with van der Waals surface area (Å²) in [7, 11) is 1.51. The molecule has 82 valence electrons. The molecular formula is C8H15ClN2O3. The fourth-order valence-corrected chi connectivity index (χ4v) is 0.856. The van der Waals surface area contributed by atoms with E-state index in [4.69, 9.17) is 11.6 Å². The van der Waals surface area contributed by atoms with Crippen LogP contribution >= 0.6 is 11.6 Å². The molecule has 2 amide bonds. The molecule has 6 heteroatoms. The van der Waals surface area contributed by atoms with Crippen LogP contribution in [0.25, 0.3) is 0 Å². The molecule has 0 aliphatic rings. The first-order chi connectivity index (χ1) is 6.61. The van der Waals surface area contributed by atoms with Crippen LogP contribution in [0.1, 0.15) is 6.92 Å². The standard InChI is InChI=1S/C8H15ClN2O3/c1-3-14-7(12)6-11(2)8(13)10-5-4-9/h3-6H2,1-2H3,(H,10,13). The van der Waals surface area contributed by atoms with Gasteiger partial charge in [-0.3, -0.25) is 4.79 Å². The first kappa shape index (κ1) is 13.0. The Morgan fingerprint density at radius 3 is 2.64 bits per heavy atom. The number of rotatable bonds is 5. The van der Waals surface area contributed by atoms with E-state index >= 15 is 0 Å². The van der Waals surface area contributed by atoms with E-state index in [2.05, 4.69) is 10.1 Å². The van der Waals surface area contributed by atoms with Crippen LogP contribution in [-0.2, 0) is 9.53 Å². The lowest BCUT2D eigenvalue weighted by Gasteiger charge is -2.16. The Labute approximate surface area is 88.3 Å². The summed E-state index contributed by atoms with van der Waals surface area (Å²) in [6, 6.07) is -0.335. The lowest BCUT2D eigenvalue weighted by Crippen LogP contribution is -2.41. The van der Waals surface area contributed by atoms with Crippen LogP contribution < -0.4 is 5.32 Å². The number of carbonyl (C=O) groups is 2. The van der Waals surface area contributed by atoms with E-state index in [1.807, 2.05) is 0 Å². The van der Waals surface area contributed by atoms with Crippen molar-refractivity contribution in [3.63, 3.8) is 0 Å². The number of urea groups is 1. The average Bonchev–Trinajstić information content (AvgIpc) is 2.14. The third-order valence-corrected chi connectivity index (χ3v) is 1.58. The fraction of sp³-hybridized carbons (Fsp3) is 0.750. The number of esters is 1. The summed E-state index contributed by atoms with van der Waals surface area (Å²) in [5.74, 6) is -0.0741. The van der Waals surface area contributed by atoms with Crippen LogP contribution in [-0.4, -0.2) is 49.5 Å². The van der Waals surface area contributed by atoms with Crippen molar-refractivity contribution in [2.75, 3.05) is 32.6 Å². The van der Waals surface area contributed by atoms with Gasteiger partial charge >= 0.3 is 12.0 Å². The molecule has 0 aromatic carbocycles. The topological polar surface area (TPSA) is 58.6 Å². The number of ether oxygens (including phenoxy) is 1. The van der Waals surface area contributed by atoms with Gasteiger partial charge in [-0.15, -0.1) is 11.6 Å². The third-order valence-electron chi connectivity index (χ3n) is 1.39. The molecule has 0 rings (SSSR count). The summed E-state index contributed by atoms with van der Waals surface area (Å²) in [5.41, 5.74) is 0. The second-order valence-corrected chi connectivity index (χ2v) is 2.96. The minimum Gasteiger partial charge on any atom is -0.465 e. The van der Waals surface area contributed by atoms with Crippen molar-refractivity contribution in [3.8, 4) is 0 Å². The minimum atomic E-state index is -0.420. The molecule has 1 N–H and O–H groups in total. The molecule has 14 heavy (non-hydrogen) atoms. The molecule has 0 saturated carbocycles. The molecule has 0 aliphatic carbocycles. The van der Waals surface area contributed by atoms with Gasteiger partial charge in [0.1, 0.15) is 6.54 Å². The lowest BCUT2D eigenvalue weighted by molar-refractivity contribution is -0.143. The fourth-order valence-electron chi connectivity index (χ4n) is 0.761. The number of carbonyl (C=O) groups excluding carboxylic acids is 2. The van der Waals surface area contributed by atoms with E-state index < -0.39 is 5.97 Å². The van der Waals surface area contributed by atoms with Crippen molar-refractivity contribution in [2.24, 2.45) is 0 Å². The zero-order chi connectivity index (χ0) is 11.0. The Morgan fingerprint density at radius 2 is 2.14 bits per heavy atom. The highest BCUT2D eigenvalue weighted by molar-refractivity contribution is 6.18. The molecule has 0 aliphatic heterocycles. The second kappa shape index (κ2) is 7.44. The number of alkyl halides is 1. The maximum atomic E-state index is 11.2. The number of halogens is 1. The predicted octanol–water partition coefficient (Wildman–Crippen LogP) is 0.430. The van der Waals surface area contributed by atoms with Gasteiger partial charge in [0.25, 0.3) is 0 Å². The van der Waals surface area contributed by atoms with Crippen LogP contribution in [0.4, 0.5) is 4.79 Å². The Morgan fingerprint density at radius 1 is 1.50 bits per heavy atom. The highest BCUT2D eigenvalue weighted by Crippen LogP contribution is 1.87. The van der Waals surface area contributed by atoms with Crippen LogP contribution in [0, 0.1) is 0 Å². The van der Waals surface area contributed by atoms with E-state index in [-0.39, 0.29) is 12.6 Å². The quantitative estimate of drug-likeness (QED) is 0.542. The molecule has 0 bridgehead atoms. The van der Waals surface area contributed by atoms with Crippen LogP contribution in [0.5, 0.6) is 0 Å². The van der Waals surface area contributed by atoms with Gasteiger partial charge in [-0.25, -0.2) is 4.79 Å². The molecule has 0 atom stereocenters. The number of hydrogen-bond donors (Lipinski definition) is 1. The van der Waals surface area contributed by atoms with Gasteiger partial charge in [0.05, 0.1) is 6.61 Å². The predicted molar refractivity (Wildman–Crippen MR) is 53.4 cm³/mol. The van der Waals surface area contributed by atoms with E-state index in [0.29, 0.717) is 19.0 Å². The van der Waals surface area contributed by atoms with Crippen molar-refractivity contribution < 1.29 is 14.3 Å². The van der Waals surface area contributed by atoms with Crippen LogP contribution in [0.2, 0.25) is 0 Å². The monoisotopic (exact) mass is 222 g/mol. The van der Waals surface area contributed by atoms with Crippen molar-refractivity contribution in [1.29, 1.82) is 0 Å². The summed E-state index contributed by atoms with van der Waals surface area (Å²) < 4.78 is 4.68. The van der Waals surface area contributed by atoms with Gasteiger partial charge in [0.15, 0.2) is 0 Å². The van der Waals surface area contributed by atoms with Gasteiger partial charge < -0.3 is 15.0 Å². The molecular weight excluding hydrogens is 208 g/mol. The van der Waals surface area contributed by atoms with E-state index in [9.17, 15) is 9.59 Å². The Balaban J connectivity index is 3.76. The van der Waals surface area contributed by atoms with Gasteiger partial charge in [0, 0.05) is 19.5 Å². The van der Waals surface area contributed by atoms with Crippen LogP contribution in [0.3, 0.4) is 0 Å². The van der Waals surface area contributed by atoms with Gasteiger partial charge in [0.2, 0.25) is 0 Å². The maximum absolute atomic E-state index is 11.2. The smallest absolute Gasteiger partial charge is 0.325 e. The number of nitrogens with zero attached hydrogens (tertiary/aromatic N) is 1. The Hall–Kier alpha value is -0.970. The van der Waals surface area contributed by atoms with Gasteiger partial charge in [-0.05, 0) is 6.92 Å². The lowest BCUT2D eigenvalue weighted by atomic mass is 10.5. The summed E-state index contributed by atoms with van der Waals surface area (Å²) in [5, 5.41) is 2.53. The summed E-state index contributed by atoms with van der Waals surface area (Å²) in [6.07, 6.45) is 0. The normalized spacial score (nSPS) is 9.36. The van der Waals surface area contributed by atoms with Gasteiger partial charge in [-0.2, -0.15) is 0 Å². The van der Waals surface area contributed by atoms with Crippen molar-refractivity contribution in [1.82, 2.24) is 10.2 Å². The van der Waals surface area contributed by atoms with Crippen LogP contribution in [0.15, 0.2) is 0 Å². The minimum absolute atomic E-state index is 0.0536. The molecule has 0 aromatic heterocycles. The first-order valence-corrected chi connectivity index (χ1v) is 4.85. The summed E-state index contributed by atoms with van der Waals surface area (Å²) in [4.78, 5) is 23.4. The maximum Gasteiger partial charge on any atom is 0.325 e. The zero-order valence-corrected chi connectivity index (χ0v) is 9.13. The number of hydrogen-bond acceptors (Lipinski definition) is 3. The highest BCUT2D eigenvalue weighted by atomic mass is 35.5. The average molecular weight is 223 g/mol. The van der Waals surface area contributed by atoms with Crippen molar-refractivity contribution >= 4 is 23.6 Å². The Kier molecular flexibility index (Phi) is 6.92. The molecule has 0 aromatic rings. The van der Waals surface area contributed by atoms with Crippen molar-refractivity contribution in [2.45, 2.75) is 6.92 Å². The SMILES string of the molecule is CCOC(=O)CN(C)C(=O)NCCCl.